The second-order valence-electron chi connectivity index (χ2n) is 17.3. The zero-order valence-electron chi connectivity index (χ0n) is 34.7. The topological polar surface area (TPSA) is 31.4 Å². The number of allylic oxidation sites excluding steroid dienone is 4. The van der Waals surface area contributed by atoms with Gasteiger partial charge in [-0.1, -0.05) is 60.7 Å². The Bertz CT molecular complexity index is 2030. The Kier molecular flexibility index (Phi) is 10.9. The first-order valence-electron chi connectivity index (χ1n) is 20.7. The van der Waals surface area contributed by atoms with Crippen molar-refractivity contribution in [1.82, 2.24) is 0 Å². The van der Waals surface area contributed by atoms with Gasteiger partial charge in [-0.15, -0.1) is 0 Å². The molecule has 4 heterocycles. The van der Waals surface area contributed by atoms with E-state index in [2.05, 4.69) is 171 Å². The van der Waals surface area contributed by atoms with Crippen molar-refractivity contribution in [3.05, 3.63) is 145 Å². The van der Waals surface area contributed by atoms with Crippen molar-refractivity contribution in [3.63, 3.8) is 0 Å². The molecule has 0 N–H and O–H groups in total. The Balaban J connectivity index is 0.791. The van der Waals surface area contributed by atoms with E-state index in [4.69, 9.17) is 9.47 Å². The Morgan fingerprint density at radius 1 is 0.491 bits per heavy atom. The highest BCUT2D eigenvalue weighted by molar-refractivity contribution is 5.88. The van der Waals surface area contributed by atoms with E-state index in [-0.39, 0.29) is 12.5 Å². The third-order valence-corrected chi connectivity index (χ3v) is 12.2. The summed E-state index contributed by atoms with van der Waals surface area (Å²) < 4.78 is 14.7. The summed E-state index contributed by atoms with van der Waals surface area (Å²) >= 11 is 0. The van der Waals surface area contributed by atoms with Gasteiger partial charge in [-0.05, 0) is 71.8 Å². The summed E-state index contributed by atoms with van der Waals surface area (Å²) in [5.41, 5.74) is 9.74. The number of likely N-dealkylation sites (N-methyl/N-ethyl adjacent to an activating group) is 2. The molecular weight excluding hydrogens is 705 g/mol. The maximum Gasteiger partial charge on any atom is 0.192 e. The second-order valence-corrected chi connectivity index (χ2v) is 17.3. The van der Waals surface area contributed by atoms with Crippen LogP contribution in [0.3, 0.4) is 0 Å². The van der Waals surface area contributed by atoms with Crippen LogP contribution in [-0.2, 0) is 0 Å². The maximum atomic E-state index is 6.29. The standard InChI is InChI=1S/C49H60N6O2/c1-50-44-22-11-13-24-46(44)56-48(50)36-38-26-30-52(42-20-9-7-18-40(38)42)28-15-32-54(3,4)34-17-35-55(5,6)33-16-29-53-31-27-39(41-19-8-10-21-43(41)53)37-49-51(2)45-23-12-14-25-47(45)57-49/h7-14,18-27,30-31,36-37,48-49H,15-17,28-29,32-35H2,1-6H3/q+2. The van der Waals surface area contributed by atoms with Crippen molar-refractivity contribution >= 4 is 33.9 Å². The normalized spacial score (nSPS) is 19.8. The number of anilines is 4. The molecule has 2 atom stereocenters. The van der Waals surface area contributed by atoms with Crippen LogP contribution in [0.1, 0.15) is 30.4 Å². The summed E-state index contributed by atoms with van der Waals surface area (Å²) in [6.07, 6.45) is 16.7. The molecule has 0 saturated heterocycles. The Hall–Kier alpha value is -5.44. The van der Waals surface area contributed by atoms with Crippen molar-refractivity contribution in [2.75, 3.05) is 101 Å². The number of hydrogen-bond donors (Lipinski definition) is 0. The fourth-order valence-electron chi connectivity index (χ4n) is 8.77. The number of para-hydroxylation sites is 6. The Labute approximate surface area is 340 Å². The molecule has 8 rings (SSSR count). The first kappa shape index (κ1) is 38.4. The van der Waals surface area contributed by atoms with E-state index < -0.39 is 0 Å². The van der Waals surface area contributed by atoms with Gasteiger partial charge in [-0.2, -0.15) is 0 Å². The number of hydrogen-bond acceptors (Lipinski definition) is 6. The van der Waals surface area contributed by atoms with Gasteiger partial charge in [0.1, 0.15) is 11.5 Å². The van der Waals surface area contributed by atoms with Gasteiger partial charge >= 0.3 is 0 Å². The molecule has 4 aliphatic rings. The van der Waals surface area contributed by atoms with E-state index in [0.717, 1.165) is 70.9 Å². The fraction of sp³-hybridized carbons (Fsp3) is 0.347. The van der Waals surface area contributed by atoms with Crippen molar-refractivity contribution in [1.29, 1.82) is 0 Å². The Morgan fingerprint density at radius 3 is 1.28 bits per heavy atom. The van der Waals surface area contributed by atoms with Crippen molar-refractivity contribution in [3.8, 4) is 11.5 Å². The minimum Gasteiger partial charge on any atom is -0.465 e. The second kappa shape index (κ2) is 16.2. The zero-order valence-corrected chi connectivity index (χ0v) is 34.7. The largest absolute Gasteiger partial charge is 0.465 e. The molecule has 0 radical (unpaired) electrons. The molecule has 0 aromatic heterocycles. The molecule has 57 heavy (non-hydrogen) atoms. The lowest BCUT2D eigenvalue weighted by molar-refractivity contribution is -0.909. The minimum absolute atomic E-state index is 0.121. The van der Waals surface area contributed by atoms with Crippen LogP contribution in [0, 0.1) is 0 Å². The highest BCUT2D eigenvalue weighted by atomic mass is 16.5. The molecule has 8 heteroatoms. The van der Waals surface area contributed by atoms with Gasteiger partial charge in [0.25, 0.3) is 0 Å². The van der Waals surface area contributed by atoms with E-state index in [9.17, 15) is 0 Å². The van der Waals surface area contributed by atoms with Gasteiger partial charge in [0.15, 0.2) is 12.5 Å². The zero-order chi connectivity index (χ0) is 39.6. The molecule has 0 fully saturated rings. The van der Waals surface area contributed by atoms with Crippen molar-refractivity contribution in [2.24, 2.45) is 0 Å². The molecule has 0 bridgehead atoms. The summed E-state index contributed by atoms with van der Waals surface area (Å²) in [7, 11) is 13.8. The number of fused-ring (bicyclic) bond motifs is 4. The third-order valence-electron chi connectivity index (χ3n) is 12.2. The molecule has 4 aliphatic heterocycles. The molecule has 4 aromatic carbocycles. The molecule has 296 valence electrons. The minimum atomic E-state index is -0.121. The van der Waals surface area contributed by atoms with Crippen LogP contribution in [0.25, 0.3) is 11.1 Å². The molecule has 0 aliphatic carbocycles. The van der Waals surface area contributed by atoms with E-state index in [1.807, 2.05) is 24.3 Å². The lowest BCUT2D eigenvalue weighted by atomic mass is 9.99. The van der Waals surface area contributed by atoms with Crippen molar-refractivity contribution < 1.29 is 18.4 Å². The molecule has 0 saturated carbocycles. The van der Waals surface area contributed by atoms with E-state index in [0.29, 0.717) is 0 Å². The van der Waals surface area contributed by atoms with Crippen LogP contribution in [0.4, 0.5) is 22.7 Å². The summed E-state index contributed by atoms with van der Waals surface area (Å²) in [5.74, 6) is 1.88. The molecule has 0 amide bonds. The summed E-state index contributed by atoms with van der Waals surface area (Å²) in [6.45, 7) is 6.66. The number of nitrogens with zero attached hydrogens (tertiary/aromatic N) is 6. The number of ether oxygens (including phenoxy) is 2. The van der Waals surface area contributed by atoms with E-state index in [1.54, 1.807) is 0 Å². The van der Waals surface area contributed by atoms with Crippen LogP contribution in [-0.4, -0.2) is 103 Å². The summed E-state index contributed by atoms with van der Waals surface area (Å²) in [6, 6.07) is 34.1. The quantitative estimate of drug-likeness (QED) is 0.119. The number of quaternary nitrogens is 2. The van der Waals surface area contributed by atoms with Crippen LogP contribution in [0.5, 0.6) is 11.5 Å². The highest BCUT2D eigenvalue weighted by Gasteiger charge is 2.29. The van der Waals surface area contributed by atoms with Crippen LogP contribution in [0.15, 0.2) is 134 Å². The smallest absolute Gasteiger partial charge is 0.192 e. The molecule has 8 nitrogen and oxygen atoms in total. The van der Waals surface area contributed by atoms with E-state index >= 15 is 0 Å². The van der Waals surface area contributed by atoms with Gasteiger partial charge < -0.3 is 38.0 Å². The first-order valence-corrected chi connectivity index (χ1v) is 20.7. The van der Waals surface area contributed by atoms with Gasteiger partial charge in [-0.25, -0.2) is 0 Å². The monoisotopic (exact) mass is 764 g/mol. The number of rotatable bonds is 14. The first-order chi connectivity index (χ1) is 27.6. The van der Waals surface area contributed by atoms with Crippen LogP contribution >= 0.6 is 0 Å². The molecular formula is C49H60N6O2+2. The fourth-order valence-corrected chi connectivity index (χ4v) is 8.77. The van der Waals surface area contributed by atoms with Gasteiger partial charge in [0.05, 0.1) is 65.7 Å². The summed E-state index contributed by atoms with van der Waals surface area (Å²) in [5, 5.41) is 0. The lowest BCUT2D eigenvalue weighted by Gasteiger charge is -2.35. The summed E-state index contributed by atoms with van der Waals surface area (Å²) in [4.78, 5) is 9.26. The number of benzene rings is 4. The Morgan fingerprint density at radius 2 is 0.860 bits per heavy atom. The van der Waals surface area contributed by atoms with E-state index in [1.165, 1.54) is 53.2 Å². The maximum absolute atomic E-state index is 6.29. The van der Waals surface area contributed by atoms with Gasteiger partial charge in [-0.3, -0.25) is 0 Å². The SMILES string of the molecule is CN1c2ccccc2OC1C=C1C=CN(CCC[N+](C)(C)CCC[N+](C)(C)CCCN2C=CC(=CC3Oc4ccccc4N3C)c3ccccc32)c2ccccc21. The van der Waals surface area contributed by atoms with Crippen LogP contribution < -0.4 is 29.1 Å². The lowest BCUT2D eigenvalue weighted by Crippen LogP contribution is -2.47. The average molecular weight is 765 g/mol. The molecule has 2 unspecified atom stereocenters. The molecule has 4 aromatic rings. The third kappa shape index (κ3) is 8.48. The van der Waals surface area contributed by atoms with Crippen LogP contribution in [0.2, 0.25) is 0 Å². The predicted octanol–water partition coefficient (Wildman–Crippen LogP) is 8.85. The van der Waals surface area contributed by atoms with Gasteiger partial charge in [0, 0.05) is 81.3 Å². The average Bonchev–Trinajstić information content (AvgIpc) is 3.70. The highest BCUT2D eigenvalue weighted by Crippen LogP contribution is 2.40. The van der Waals surface area contributed by atoms with Crippen molar-refractivity contribution in [2.45, 2.75) is 31.7 Å². The predicted molar refractivity (Wildman–Crippen MR) is 238 cm³/mol. The van der Waals surface area contributed by atoms with Gasteiger partial charge in [0.2, 0.25) is 0 Å². The molecule has 0 spiro atoms.